The van der Waals surface area contributed by atoms with Gasteiger partial charge in [0.1, 0.15) is 0 Å². The Bertz CT molecular complexity index is 440. The molecule has 0 amide bonds. The first-order valence-electron chi connectivity index (χ1n) is 5.55. The Morgan fingerprint density at radius 1 is 1.12 bits per heavy atom. The van der Waals surface area contributed by atoms with E-state index in [9.17, 15) is 0 Å². The zero-order chi connectivity index (χ0) is 11.6. The first-order chi connectivity index (χ1) is 7.64. The Morgan fingerprint density at radius 2 is 1.81 bits per heavy atom. The lowest BCUT2D eigenvalue weighted by Gasteiger charge is -2.24. The highest BCUT2D eigenvalue weighted by Gasteiger charge is 2.23. The largest absolute Gasteiger partial charge is 0.318 e. The minimum absolute atomic E-state index is 0.383. The Labute approximate surface area is 101 Å². The molecule has 16 heavy (non-hydrogen) atoms. The lowest BCUT2D eigenvalue weighted by Crippen LogP contribution is -2.33. The van der Waals surface area contributed by atoms with Gasteiger partial charge >= 0.3 is 0 Å². The number of hydrogen-bond acceptors (Lipinski definition) is 2. The smallest absolute Gasteiger partial charge is 0.0645 e. The van der Waals surface area contributed by atoms with Crippen LogP contribution in [0.5, 0.6) is 0 Å². The van der Waals surface area contributed by atoms with Crippen LogP contribution < -0.4 is 5.73 Å². The van der Waals surface area contributed by atoms with Gasteiger partial charge < -0.3 is 5.73 Å². The van der Waals surface area contributed by atoms with Gasteiger partial charge in [-0.2, -0.15) is 11.3 Å². The summed E-state index contributed by atoms with van der Waals surface area (Å²) in [5, 5.41) is 4.19. The van der Waals surface area contributed by atoms with E-state index in [4.69, 9.17) is 5.73 Å². The number of thiophene rings is 1. The molecular formula is C14H17NS. The summed E-state index contributed by atoms with van der Waals surface area (Å²) in [6.07, 6.45) is 1.07. The molecular weight excluding hydrogens is 214 g/mol. The Hall–Kier alpha value is -1.12. The van der Waals surface area contributed by atoms with Gasteiger partial charge in [-0.1, -0.05) is 31.2 Å². The van der Waals surface area contributed by atoms with E-state index in [2.05, 4.69) is 54.9 Å². The minimum Gasteiger partial charge on any atom is -0.318 e. The molecule has 0 aliphatic heterocycles. The van der Waals surface area contributed by atoms with Gasteiger partial charge in [0.2, 0.25) is 0 Å². The van der Waals surface area contributed by atoms with Gasteiger partial charge in [-0.25, -0.2) is 0 Å². The van der Waals surface area contributed by atoms with Crippen LogP contribution in [0.25, 0.3) is 0 Å². The summed E-state index contributed by atoms with van der Waals surface area (Å²) in [5.74, 6) is 0. The zero-order valence-electron chi connectivity index (χ0n) is 9.73. The van der Waals surface area contributed by atoms with Gasteiger partial charge in [0.05, 0.1) is 5.54 Å². The second-order valence-corrected chi connectivity index (χ2v) is 5.04. The fraction of sp³-hybridized carbons (Fsp3) is 0.286. The maximum atomic E-state index is 6.40. The molecule has 1 aromatic carbocycles. The molecule has 0 saturated carbocycles. The Morgan fingerprint density at radius 3 is 2.31 bits per heavy atom. The minimum atomic E-state index is -0.383. The van der Waals surface area contributed by atoms with Crippen molar-refractivity contribution in [2.45, 2.75) is 25.8 Å². The summed E-state index contributed by atoms with van der Waals surface area (Å²) in [7, 11) is 0. The third kappa shape index (κ3) is 2.04. The number of hydrogen-bond donors (Lipinski definition) is 1. The van der Waals surface area contributed by atoms with Crippen molar-refractivity contribution in [3.8, 4) is 0 Å². The number of nitrogens with two attached hydrogens (primary N) is 1. The normalized spacial score (nSPS) is 14.7. The van der Waals surface area contributed by atoms with Crippen LogP contribution in [-0.4, -0.2) is 0 Å². The monoisotopic (exact) mass is 231 g/mol. The second kappa shape index (κ2) is 4.40. The highest BCUT2D eigenvalue weighted by atomic mass is 32.1. The fourth-order valence-corrected chi connectivity index (χ4v) is 2.59. The van der Waals surface area contributed by atoms with Gasteiger partial charge in [-0.15, -0.1) is 0 Å². The van der Waals surface area contributed by atoms with E-state index in [1.807, 2.05) is 0 Å². The Balaban J connectivity index is 2.35. The van der Waals surface area contributed by atoms with E-state index in [-0.39, 0.29) is 5.54 Å². The molecule has 0 bridgehead atoms. The van der Waals surface area contributed by atoms with Gasteiger partial charge in [0.25, 0.3) is 0 Å². The summed E-state index contributed by atoms with van der Waals surface area (Å²) >= 11 is 1.69. The van der Waals surface area contributed by atoms with Gasteiger partial charge in [-0.05, 0) is 46.9 Å². The van der Waals surface area contributed by atoms with Crippen LogP contribution in [0.4, 0.5) is 0 Å². The molecule has 0 fully saturated rings. The van der Waals surface area contributed by atoms with Crippen LogP contribution in [-0.2, 0) is 12.0 Å². The first-order valence-corrected chi connectivity index (χ1v) is 6.50. The van der Waals surface area contributed by atoms with Crippen molar-refractivity contribution in [3.63, 3.8) is 0 Å². The lowest BCUT2D eigenvalue weighted by molar-refractivity contribution is 0.605. The fourth-order valence-electron chi connectivity index (χ4n) is 1.81. The molecule has 2 rings (SSSR count). The van der Waals surface area contributed by atoms with E-state index < -0.39 is 0 Å². The average molecular weight is 231 g/mol. The predicted molar refractivity (Wildman–Crippen MR) is 70.8 cm³/mol. The molecule has 1 atom stereocenters. The van der Waals surface area contributed by atoms with Gasteiger partial charge in [0.15, 0.2) is 0 Å². The average Bonchev–Trinajstić information content (AvgIpc) is 2.83. The number of aryl methyl sites for hydroxylation is 1. The van der Waals surface area contributed by atoms with Crippen molar-refractivity contribution in [1.82, 2.24) is 0 Å². The molecule has 0 aliphatic carbocycles. The summed E-state index contributed by atoms with van der Waals surface area (Å²) in [5.41, 5.74) is 9.72. The third-order valence-corrected chi connectivity index (χ3v) is 3.77. The SMILES string of the molecule is CCc1ccc(C(C)(N)c2ccsc2)cc1. The van der Waals surface area contributed by atoms with Gasteiger partial charge in [-0.3, -0.25) is 0 Å². The number of rotatable bonds is 3. The standard InChI is InChI=1S/C14H17NS/c1-3-11-4-6-12(7-5-11)14(2,15)13-8-9-16-10-13/h4-10H,3,15H2,1-2H3. The van der Waals surface area contributed by atoms with E-state index >= 15 is 0 Å². The second-order valence-electron chi connectivity index (χ2n) is 4.26. The van der Waals surface area contributed by atoms with E-state index in [1.54, 1.807) is 11.3 Å². The van der Waals surface area contributed by atoms with Crippen molar-refractivity contribution >= 4 is 11.3 Å². The van der Waals surface area contributed by atoms with Crippen molar-refractivity contribution in [1.29, 1.82) is 0 Å². The third-order valence-electron chi connectivity index (χ3n) is 3.08. The first kappa shape index (κ1) is 11.4. The molecule has 0 aliphatic rings. The molecule has 1 heterocycles. The van der Waals surface area contributed by atoms with Crippen LogP contribution in [0.15, 0.2) is 41.1 Å². The van der Waals surface area contributed by atoms with Crippen LogP contribution in [0.1, 0.15) is 30.5 Å². The summed E-state index contributed by atoms with van der Waals surface area (Å²) in [6.45, 7) is 4.23. The highest BCUT2D eigenvalue weighted by Crippen LogP contribution is 2.28. The zero-order valence-corrected chi connectivity index (χ0v) is 10.6. The van der Waals surface area contributed by atoms with Crippen LogP contribution in [0, 0.1) is 0 Å². The molecule has 0 saturated heterocycles. The van der Waals surface area contributed by atoms with Crippen molar-refractivity contribution in [2.75, 3.05) is 0 Å². The maximum Gasteiger partial charge on any atom is 0.0645 e. The molecule has 84 valence electrons. The molecule has 1 unspecified atom stereocenters. The number of benzene rings is 1. The highest BCUT2D eigenvalue weighted by molar-refractivity contribution is 7.08. The molecule has 2 aromatic rings. The van der Waals surface area contributed by atoms with Crippen molar-refractivity contribution < 1.29 is 0 Å². The lowest BCUT2D eigenvalue weighted by atomic mass is 9.87. The Kier molecular flexibility index (Phi) is 3.13. The van der Waals surface area contributed by atoms with E-state index in [0.29, 0.717) is 0 Å². The van der Waals surface area contributed by atoms with Gasteiger partial charge in [0, 0.05) is 0 Å². The molecule has 1 aromatic heterocycles. The van der Waals surface area contributed by atoms with Crippen LogP contribution >= 0.6 is 11.3 Å². The molecule has 0 spiro atoms. The summed E-state index contributed by atoms with van der Waals surface area (Å²) < 4.78 is 0. The summed E-state index contributed by atoms with van der Waals surface area (Å²) in [6, 6.07) is 10.7. The quantitative estimate of drug-likeness (QED) is 0.859. The predicted octanol–water partition coefficient (Wildman–Crippen LogP) is 3.53. The maximum absolute atomic E-state index is 6.40. The van der Waals surface area contributed by atoms with E-state index in [0.717, 1.165) is 6.42 Å². The topological polar surface area (TPSA) is 26.0 Å². The van der Waals surface area contributed by atoms with E-state index in [1.165, 1.54) is 16.7 Å². The van der Waals surface area contributed by atoms with Crippen LogP contribution in [0.2, 0.25) is 0 Å². The molecule has 2 N–H and O–H groups in total. The molecule has 0 radical (unpaired) electrons. The summed E-state index contributed by atoms with van der Waals surface area (Å²) in [4.78, 5) is 0. The van der Waals surface area contributed by atoms with Crippen molar-refractivity contribution in [2.24, 2.45) is 5.73 Å². The molecule has 1 nitrogen and oxygen atoms in total. The van der Waals surface area contributed by atoms with Crippen molar-refractivity contribution in [3.05, 3.63) is 57.8 Å². The molecule has 2 heteroatoms. The van der Waals surface area contributed by atoms with Crippen LogP contribution in [0.3, 0.4) is 0 Å².